The first kappa shape index (κ1) is 3.90. The van der Waals surface area contributed by atoms with Crippen molar-refractivity contribution in [2.45, 2.75) is 12.8 Å². The Bertz CT molecular complexity index is 70.2. The van der Waals surface area contributed by atoms with E-state index in [0.717, 1.165) is 11.8 Å². The highest BCUT2D eigenvalue weighted by atomic mass is 14.9. The molecule has 1 saturated carbocycles. The van der Waals surface area contributed by atoms with Crippen molar-refractivity contribution in [1.29, 1.82) is 0 Å². The van der Waals surface area contributed by atoms with Gasteiger partial charge in [0.15, 0.2) is 0 Å². The van der Waals surface area contributed by atoms with Crippen LogP contribution in [0, 0.1) is 11.8 Å². The van der Waals surface area contributed by atoms with Crippen LogP contribution in [-0.2, 0) is 0 Å². The van der Waals surface area contributed by atoms with E-state index in [1.165, 1.54) is 25.9 Å². The van der Waals surface area contributed by atoms with E-state index < -0.39 is 0 Å². The Morgan fingerprint density at radius 2 is 1.57 bits per heavy atom. The Labute approximate surface area is 44.1 Å². The molecule has 1 heteroatoms. The van der Waals surface area contributed by atoms with Crippen molar-refractivity contribution < 1.29 is 0 Å². The van der Waals surface area contributed by atoms with Crippen LogP contribution < -0.4 is 5.32 Å². The van der Waals surface area contributed by atoms with Crippen LogP contribution in [0.2, 0.25) is 0 Å². The average molecular weight is 97.2 g/mol. The van der Waals surface area contributed by atoms with E-state index in [9.17, 15) is 0 Å². The zero-order valence-corrected chi connectivity index (χ0v) is 4.48. The quantitative estimate of drug-likeness (QED) is 0.467. The third-order valence-electron chi connectivity index (χ3n) is 2.39. The number of rotatable bonds is 0. The van der Waals surface area contributed by atoms with Gasteiger partial charge in [-0.2, -0.15) is 0 Å². The van der Waals surface area contributed by atoms with Gasteiger partial charge in [-0.15, -0.1) is 0 Å². The fourth-order valence-electron chi connectivity index (χ4n) is 1.63. The second-order valence-corrected chi connectivity index (χ2v) is 2.76. The molecule has 0 unspecified atom stereocenters. The highest BCUT2D eigenvalue weighted by molar-refractivity contribution is 4.88. The van der Waals surface area contributed by atoms with Crippen molar-refractivity contribution in [2.75, 3.05) is 13.1 Å². The molecule has 2 fully saturated rings. The minimum absolute atomic E-state index is 1.08. The summed E-state index contributed by atoms with van der Waals surface area (Å²) in [7, 11) is 0. The smallest absolute Gasteiger partial charge is 0.00173 e. The van der Waals surface area contributed by atoms with Crippen molar-refractivity contribution in [3.8, 4) is 0 Å². The molecule has 2 atom stereocenters. The molecule has 0 spiro atoms. The maximum atomic E-state index is 3.38. The van der Waals surface area contributed by atoms with E-state index in [-0.39, 0.29) is 0 Å². The van der Waals surface area contributed by atoms with Crippen LogP contribution in [0.3, 0.4) is 0 Å². The molecule has 1 aliphatic carbocycles. The summed E-state index contributed by atoms with van der Waals surface area (Å²) in [5, 5.41) is 3.38. The summed E-state index contributed by atoms with van der Waals surface area (Å²) in [4.78, 5) is 0. The van der Waals surface area contributed by atoms with Gasteiger partial charge < -0.3 is 5.32 Å². The molecule has 0 aromatic carbocycles. The molecule has 0 aromatic rings. The lowest BCUT2D eigenvalue weighted by molar-refractivity contribution is 0.243. The molecule has 7 heavy (non-hydrogen) atoms. The zero-order valence-electron chi connectivity index (χ0n) is 4.48. The highest BCUT2D eigenvalue weighted by Crippen LogP contribution is 2.36. The van der Waals surface area contributed by atoms with Gasteiger partial charge in [0.2, 0.25) is 0 Å². The number of fused-ring (bicyclic) bond motifs is 1. The maximum Gasteiger partial charge on any atom is -0.00173 e. The van der Waals surface area contributed by atoms with Crippen molar-refractivity contribution >= 4 is 0 Å². The van der Waals surface area contributed by atoms with Crippen molar-refractivity contribution in [3.05, 3.63) is 0 Å². The van der Waals surface area contributed by atoms with E-state index in [0.29, 0.717) is 0 Å². The minimum Gasteiger partial charge on any atom is -0.316 e. The van der Waals surface area contributed by atoms with E-state index in [1.54, 1.807) is 0 Å². The van der Waals surface area contributed by atoms with Crippen LogP contribution >= 0.6 is 0 Å². The number of hydrogen-bond donors (Lipinski definition) is 1. The van der Waals surface area contributed by atoms with Crippen LogP contribution in [0.4, 0.5) is 0 Å². The van der Waals surface area contributed by atoms with Gasteiger partial charge in [0.25, 0.3) is 0 Å². The molecule has 1 saturated heterocycles. The molecular formula is C6H11N. The molecule has 2 aliphatic rings. The lowest BCUT2D eigenvalue weighted by Crippen LogP contribution is -2.22. The van der Waals surface area contributed by atoms with E-state index in [4.69, 9.17) is 0 Å². The Kier molecular flexibility index (Phi) is 0.680. The lowest BCUT2D eigenvalue weighted by atomic mass is 9.77. The molecule has 0 amide bonds. The molecule has 1 heterocycles. The normalized spacial score (nSPS) is 48.0. The van der Waals surface area contributed by atoms with Gasteiger partial charge >= 0.3 is 0 Å². The standard InChI is InChI=1S/C6H11N/c1-2-6-4-7-3-5(1)6/h5-7H,1-4H2/t5-,6-/m0/s1. The molecule has 0 radical (unpaired) electrons. The van der Waals surface area contributed by atoms with Gasteiger partial charge in [0, 0.05) is 0 Å². The second-order valence-electron chi connectivity index (χ2n) is 2.76. The summed E-state index contributed by atoms with van der Waals surface area (Å²) in [6.45, 7) is 2.62. The number of hydrogen-bond acceptors (Lipinski definition) is 1. The highest BCUT2D eigenvalue weighted by Gasteiger charge is 2.34. The average Bonchev–Trinajstić information content (AvgIpc) is 1.85. The van der Waals surface area contributed by atoms with Gasteiger partial charge in [-0.25, -0.2) is 0 Å². The second kappa shape index (κ2) is 1.22. The molecule has 1 nitrogen and oxygen atoms in total. The predicted molar refractivity (Wildman–Crippen MR) is 29.1 cm³/mol. The fraction of sp³-hybridized carbons (Fsp3) is 1.00. The fourth-order valence-corrected chi connectivity index (χ4v) is 1.63. The largest absolute Gasteiger partial charge is 0.316 e. The van der Waals surface area contributed by atoms with Gasteiger partial charge in [-0.05, 0) is 37.8 Å². The molecular weight excluding hydrogens is 86.1 g/mol. The first-order valence-corrected chi connectivity index (χ1v) is 3.17. The molecule has 1 N–H and O–H groups in total. The maximum absolute atomic E-state index is 3.38. The summed E-state index contributed by atoms with van der Waals surface area (Å²) in [5.74, 6) is 2.17. The van der Waals surface area contributed by atoms with Crippen LogP contribution in [0.15, 0.2) is 0 Å². The third-order valence-corrected chi connectivity index (χ3v) is 2.39. The van der Waals surface area contributed by atoms with Gasteiger partial charge in [-0.1, -0.05) is 0 Å². The number of nitrogens with one attached hydrogen (secondary N) is 1. The van der Waals surface area contributed by atoms with Crippen molar-refractivity contribution in [1.82, 2.24) is 5.32 Å². The Hall–Kier alpha value is -0.0400. The predicted octanol–water partition coefficient (Wildman–Crippen LogP) is 0.616. The lowest BCUT2D eigenvalue weighted by Gasteiger charge is -2.28. The monoisotopic (exact) mass is 97.1 g/mol. The Morgan fingerprint density at radius 3 is 1.86 bits per heavy atom. The summed E-state index contributed by atoms with van der Waals surface area (Å²) < 4.78 is 0. The van der Waals surface area contributed by atoms with E-state index in [1.807, 2.05) is 0 Å². The summed E-state index contributed by atoms with van der Waals surface area (Å²) >= 11 is 0. The molecule has 1 aliphatic heterocycles. The van der Waals surface area contributed by atoms with E-state index in [2.05, 4.69) is 5.32 Å². The van der Waals surface area contributed by atoms with Crippen LogP contribution in [0.25, 0.3) is 0 Å². The van der Waals surface area contributed by atoms with Crippen LogP contribution in [-0.4, -0.2) is 13.1 Å². The zero-order chi connectivity index (χ0) is 4.69. The van der Waals surface area contributed by atoms with Crippen LogP contribution in [0.1, 0.15) is 12.8 Å². The summed E-state index contributed by atoms with van der Waals surface area (Å²) in [6.07, 6.45) is 3.00. The van der Waals surface area contributed by atoms with Crippen molar-refractivity contribution in [2.24, 2.45) is 11.8 Å². The first-order chi connectivity index (χ1) is 3.47. The molecule has 0 aromatic heterocycles. The topological polar surface area (TPSA) is 12.0 Å². The Morgan fingerprint density at radius 1 is 1.00 bits per heavy atom. The Balaban J connectivity index is 2.03. The third kappa shape index (κ3) is 0.418. The SMILES string of the molecule is C1C[C@H]2CNC[C@H]12. The van der Waals surface area contributed by atoms with Crippen LogP contribution in [0.5, 0.6) is 0 Å². The minimum atomic E-state index is 1.08. The molecule has 0 bridgehead atoms. The molecule has 40 valence electrons. The molecule has 2 rings (SSSR count). The van der Waals surface area contributed by atoms with Gasteiger partial charge in [0.1, 0.15) is 0 Å². The van der Waals surface area contributed by atoms with Gasteiger partial charge in [0.05, 0.1) is 0 Å². The first-order valence-electron chi connectivity index (χ1n) is 3.17. The van der Waals surface area contributed by atoms with Crippen molar-refractivity contribution in [3.63, 3.8) is 0 Å². The van der Waals surface area contributed by atoms with Gasteiger partial charge in [-0.3, -0.25) is 0 Å². The summed E-state index contributed by atoms with van der Waals surface area (Å²) in [5.41, 5.74) is 0. The summed E-state index contributed by atoms with van der Waals surface area (Å²) in [6, 6.07) is 0. The van der Waals surface area contributed by atoms with E-state index >= 15 is 0 Å².